The molecular weight excluding hydrogens is 188 g/mol. The average molecular weight is 200 g/mol. The number of ketones is 1. The molecule has 0 aromatic carbocycles. The van der Waals surface area contributed by atoms with E-state index >= 15 is 0 Å². The first-order chi connectivity index (χ1) is 6.16. The molecule has 0 aromatic rings. The minimum absolute atomic E-state index is 0.0673. The monoisotopic (exact) mass is 200 g/mol. The molecule has 2 aliphatic heterocycles. The van der Waals surface area contributed by atoms with Crippen molar-refractivity contribution in [2.24, 2.45) is 0 Å². The number of thioether (sulfide) groups is 1. The van der Waals surface area contributed by atoms with Gasteiger partial charge in [0.25, 0.3) is 0 Å². The lowest BCUT2D eigenvalue weighted by Gasteiger charge is -2.43. The molecule has 72 valence electrons. The minimum Gasteiger partial charge on any atom is -0.316 e. The van der Waals surface area contributed by atoms with Gasteiger partial charge >= 0.3 is 0 Å². The van der Waals surface area contributed by atoms with Gasteiger partial charge in [-0.1, -0.05) is 0 Å². The van der Waals surface area contributed by atoms with Crippen LogP contribution in [0.15, 0.2) is 0 Å². The summed E-state index contributed by atoms with van der Waals surface area (Å²) in [6, 6.07) is -0.249. The Hall–Kier alpha value is -0.550. The van der Waals surface area contributed by atoms with Crippen LogP contribution in [0.25, 0.3) is 0 Å². The van der Waals surface area contributed by atoms with Crippen molar-refractivity contribution in [1.82, 2.24) is 10.2 Å². The van der Waals surface area contributed by atoms with Gasteiger partial charge in [-0.05, 0) is 14.0 Å². The van der Waals surface area contributed by atoms with Gasteiger partial charge in [0, 0.05) is 5.75 Å². The van der Waals surface area contributed by atoms with Gasteiger partial charge in [0.2, 0.25) is 5.91 Å². The van der Waals surface area contributed by atoms with Crippen molar-refractivity contribution in [3.05, 3.63) is 0 Å². The fourth-order valence-corrected chi connectivity index (χ4v) is 3.47. The van der Waals surface area contributed by atoms with E-state index in [1.807, 2.05) is 0 Å². The predicted molar refractivity (Wildman–Crippen MR) is 50.4 cm³/mol. The topological polar surface area (TPSA) is 49.4 Å². The Labute approximate surface area is 81.0 Å². The van der Waals surface area contributed by atoms with E-state index in [1.165, 1.54) is 0 Å². The zero-order valence-corrected chi connectivity index (χ0v) is 8.43. The van der Waals surface area contributed by atoms with Crippen LogP contribution >= 0.6 is 11.8 Å². The van der Waals surface area contributed by atoms with Crippen molar-refractivity contribution in [3.63, 3.8) is 0 Å². The standard InChI is InChI=1S/C8H12N2O2S/c1-4(11)5-3-13-8-6(9-2)7(12)10(5)8/h5-6,8-9H,3H2,1-2H3. The van der Waals surface area contributed by atoms with E-state index in [9.17, 15) is 9.59 Å². The van der Waals surface area contributed by atoms with Crippen LogP contribution in [-0.2, 0) is 9.59 Å². The van der Waals surface area contributed by atoms with Gasteiger partial charge in [-0.15, -0.1) is 11.8 Å². The van der Waals surface area contributed by atoms with Crippen LogP contribution in [0, 0.1) is 0 Å². The maximum absolute atomic E-state index is 11.5. The molecule has 2 saturated heterocycles. The molecule has 2 heterocycles. The lowest BCUT2D eigenvalue weighted by Crippen LogP contribution is -2.68. The Morgan fingerprint density at radius 3 is 2.92 bits per heavy atom. The number of carbonyl (C=O) groups is 2. The lowest BCUT2D eigenvalue weighted by atomic mass is 10.0. The van der Waals surface area contributed by atoms with Crippen LogP contribution in [0.5, 0.6) is 0 Å². The minimum atomic E-state index is -0.174. The summed E-state index contributed by atoms with van der Waals surface area (Å²) in [6.45, 7) is 1.55. The van der Waals surface area contributed by atoms with Gasteiger partial charge in [0.1, 0.15) is 17.5 Å². The largest absolute Gasteiger partial charge is 0.316 e. The second kappa shape index (κ2) is 2.99. The highest BCUT2D eigenvalue weighted by Gasteiger charge is 2.55. The van der Waals surface area contributed by atoms with Crippen molar-refractivity contribution >= 4 is 23.5 Å². The van der Waals surface area contributed by atoms with Crippen molar-refractivity contribution in [2.45, 2.75) is 24.4 Å². The molecule has 3 unspecified atom stereocenters. The molecule has 2 aliphatic rings. The highest BCUT2D eigenvalue weighted by Crippen LogP contribution is 2.39. The molecule has 2 fully saturated rings. The highest BCUT2D eigenvalue weighted by atomic mass is 32.2. The van der Waals surface area contributed by atoms with Gasteiger partial charge in [-0.2, -0.15) is 0 Å². The molecule has 3 atom stereocenters. The maximum atomic E-state index is 11.5. The molecule has 5 heteroatoms. The first kappa shape index (κ1) is 9.02. The second-order valence-electron chi connectivity index (χ2n) is 3.36. The van der Waals surface area contributed by atoms with Crippen LogP contribution < -0.4 is 5.32 Å². The van der Waals surface area contributed by atoms with E-state index < -0.39 is 0 Å². The van der Waals surface area contributed by atoms with Crippen LogP contribution in [0.3, 0.4) is 0 Å². The maximum Gasteiger partial charge on any atom is 0.244 e. The quantitative estimate of drug-likeness (QED) is 0.607. The summed E-state index contributed by atoms with van der Waals surface area (Å²) in [6.07, 6.45) is 0. The van der Waals surface area contributed by atoms with Crippen LogP contribution in [0.4, 0.5) is 0 Å². The Morgan fingerprint density at radius 1 is 1.69 bits per heavy atom. The molecule has 0 aliphatic carbocycles. The summed E-state index contributed by atoms with van der Waals surface area (Å²) in [7, 11) is 1.78. The first-order valence-corrected chi connectivity index (χ1v) is 5.33. The van der Waals surface area contributed by atoms with E-state index in [2.05, 4.69) is 5.32 Å². The fourth-order valence-electron chi connectivity index (χ4n) is 1.84. The number of hydrogen-bond donors (Lipinski definition) is 1. The zero-order valence-electron chi connectivity index (χ0n) is 7.61. The van der Waals surface area contributed by atoms with Gasteiger partial charge in [-0.25, -0.2) is 0 Å². The summed E-state index contributed by atoms with van der Waals surface area (Å²) >= 11 is 1.69. The summed E-state index contributed by atoms with van der Waals surface area (Å²) in [5.74, 6) is 0.916. The number of likely N-dealkylation sites (N-methyl/N-ethyl adjacent to an activating group) is 1. The molecule has 1 amide bonds. The highest BCUT2D eigenvalue weighted by molar-refractivity contribution is 8.00. The molecule has 2 rings (SSSR count). The third-order valence-electron chi connectivity index (χ3n) is 2.62. The molecular formula is C8H12N2O2S. The fraction of sp³-hybridized carbons (Fsp3) is 0.750. The number of rotatable bonds is 2. The molecule has 0 saturated carbocycles. The average Bonchev–Trinajstić information content (AvgIpc) is 2.45. The number of hydrogen-bond acceptors (Lipinski definition) is 4. The lowest BCUT2D eigenvalue weighted by molar-refractivity contribution is -0.151. The SMILES string of the molecule is CNC1C(=O)N2C(C(C)=O)CSC12. The van der Waals surface area contributed by atoms with Gasteiger partial charge in [0.15, 0.2) is 5.78 Å². The third kappa shape index (κ3) is 1.10. The summed E-state index contributed by atoms with van der Waals surface area (Å²) in [5, 5.41) is 3.15. The van der Waals surface area contributed by atoms with Crippen molar-refractivity contribution in [3.8, 4) is 0 Å². The number of β-lactam (4-membered cyclic amide) rings is 1. The molecule has 1 N–H and O–H groups in total. The number of carbonyl (C=O) groups excluding carboxylic acids is 2. The zero-order chi connectivity index (χ0) is 9.59. The van der Waals surface area contributed by atoms with E-state index in [0.717, 1.165) is 5.75 Å². The molecule has 0 aromatic heterocycles. The predicted octanol–water partition coefficient (Wildman–Crippen LogP) is -0.553. The van der Waals surface area contributed by atoms with Gasteiger partial charge in [-0.3, -0.25) is 9.59 Å². The van der Waals surface area contributed by atoms with Crippen LogP contribution in [0.2, 0.25) is 0 Å². The second-order valence-corrected chi connectivity index (χ2v) is 4.51. The van der Waals surface area contributed by atoms with E-state index in [-0.39, 0.29) is 29.1 Å². The summed E-state index contributed by atoms with van der Waals surface area (Å²) in [4.78, 5) is 24.3. The molecule has 13 heavy (non-hydrogen) atoms. The van der Waals surface area contributed by atoms with E-state index in [1.54, 1.807) is 30.6 Å². The van der Waals surface area contributed by atoms with Gasteiger partial charge in [0.05, 0.1) is 0 Å². The van der Waals surface area contributed by atoms with E-state index in [4.69, 9.17) is 0 Å². The molecule has 0 spiro atoms. The third-order valence-corrected chi connectivity index (χ3v) is 3.97. The Balaban J connectivity index is 2.12. The smallest absolute Gasteiger partial charge is 0.244 e. The summed E-state index contributed by atoms with van der Waals surface area (Å²) < 4.78 is 0. The van der Waals surface area contributed by atoms with Crippen molar-refractivity contribution in [2.75, 3.05) is 12.8 Å². The van der Waals surface area contributed by atoms with Crippen LogP contribution in [-0.4, -0.2) is 46.8 Å². The Kier molecular flexibility index (Phi) is 2.08. The van der Waals surface area contributed by atoms with Crippen molar-refractivity contribution in [1.29, 1.82) is 0 Å². The number of nitrogens with zero attached hydrogens (tertiary/aromatic N) is 1. The number of nitrogens with one attached hydrogen (secondary N) is 1. The van der Waals surface area contributed by atoms with Crippen LogP contribution in [0.1, 0.15) is 6.92 Å². The molecule has 0 bridgehead atoms. The summed E-state index contributed by atoms with van der Waals surface area (Å²) in [5.41, 5.74) is 0. The Morgan fingerprint density at radius 2 is 2.38 bits per heavy atom. The van der Waals surface area contributed by atoms with Crippen molar-refractivity contribution < 1.29 is 9.59 Å². The first-order valence-electron chi connectivity index (χ1n) is 4.28. The van der Waals surface area contributed by atoms with Gasteiger partial charge < -0.3 is 10.2 Å². The number of Topliss-reactive ketones (excluding diaryl/α,β-unsaturated/α-hetero) is 1. The number of fused-ring (bicyclic) bond motifs is 1. The normalized spacial score (nSPS) is 37.2. The molecule has 4 nitrogen and oxygen atoms in total. The Bertz CT molecular complexity index is 269. The number of amides is 1. The molecule has 0 radical (unpaired) electrons. The van der Waals surface area contributed by atoms with E-state index in [0.29, 0.717) is 0 Å².